The van der Waals surface area contributed by atoms with Crippen molar-refractivity contribution in [3.05, 3.63) is 23.9 Å². The summed E-state index contributed by atoms with van der Waals surface area (Å²) in [7, 11) is 0. The van der Waals surface area contributed by atoms with Crippen LogP contribution in [0.2, 0.25) is 0 Å². The van der Waals surface area contributed by atoms with Crippen molar-refractivity contribution in [1.82, 2.24) is 10.3 Å². The molecule has 0 atom stereocenters. The molecule has 1 aliphatic carbocycles. The Balaban J connectivity index is 1.81. The van der Waals surface area contributed by atoms with Gasteiger partial charge in [-0.3, -0.25) is 4.79 Å². The SMILES string of the molecule is NNc1ccc(C(=O)NCCC2CC2)cn1. The van der Waals surface area contributed by atoms with Gasteiger partial charge < -0.3 is 10.7 Å². The first kappa shape index (κ1) is 10.9. The molecule has 1 heterocycles. The van der Waals surface area contributed by atoms with E-state index in [4.69, 9.17) is 5.84 Å². The van der Waals surface area contributed by atoms with Gasteiger partial charge in [0.2, 0.25) is 0 Å². The van der Waals surface area contributed by atoms with Crippen LogP contribution in [0.15, 0.2) is 18.3 Å². The lowest BCUT2D eigenvalue weighted by Gasteiger charge is -2.04. The number of nitrogens with one attached hydrogen (secondary N) is 2. The number of hydrazine groups is 1. The van der Waals surface area contributed by atoms with E-state index >= 15 is 0 Å². The van der Waals surface area contributed by atoms with Crippen molar-refractivity contribution in [3.63, 3.8) is 0 Å². The minimum atomic E-state index is -0.0725. The second-order valence-electron chi connectivity index (χ2n) is 4.06. The number of rotatable bonds is 5. The van der Waals surface area contributed by atoms with E-state index in [0.717, 1.165) is 18.9 Å². The van der Waals surface area contributed by atoms with Gasteiger partial charge in [-0.1, -0.05) is 12.8 Å². The van der Waals surface area contributed by atoms with E-state index in [-0.39, 0.29) is 5.91 Å². The minimum absolute atomic E-state index is 0.0725. The smallest absolute Gasteiger partial charge is 0.252 e. The number of aromatic nitrogens is 1. The van der Waals surface area contributed by atoms with E-state index < -0.39 is 0 Å². The van der Waals surface area contributed by atoms with E-state index in [9.17, 15) is 4.79 Å². The van der Waals surface area contributed by atoms with Gasteiger partial charge in [0.05, 0.1) is 5.56 Å². The topological polar surface area (TPSA) is 80.0 Å². The molecule has 0 aromatic carbocycles. The Hall–Kier alpha value is -1.62. The quantitative estimate of drug-likeness (QED) is 0.508. The Bertz CT molecular complexity index is 359. The molecule has 0 aliphatic heterocycles. The van der Waals surface area contributed by atoms with Crippen LogP contribution in [0.4, 0.5) is 5.82 Å². The first-order valence-corrected chi connectivity index (χ1v) is 5.50. The van der Waals surface area contributed by atoms with Crippen LogP contribution in [0.1, 0.15) is 29.6 Å². The van der Waals surface area contributed by atoms with Crippen LogP contribution in [-0.2, 0) is 0 Å². The van der Waals surface area contributed by atoms with Crippen LogP contribution in [0.3, 0.4) is 0 Å². The fraction of sp³-hybridized carbons (Fsp3) is 0.455. The van der Waals surface area contributed by atoms with Crippen molar-refractivity contribution in [1.29, 1.82) is 0 Å². The number of nitrogen functional groups attached to an aromatic ring is 1. The lowest BCUT2D eigenvalue weighted by Crippen LogP contribution is -2.25. The highest BCUT2D eigenvalue weighted by Crippen LogP contribution is 2.31. The van der Waals surface area contributed by atoms with Crippen molar-refractivity contribution in [3.8, 4) is 0 Å². The fourth-order valence-corrected chi connectivity index (χ4v) is 1.51. The van der Waals surface area contributed by atoms with Crippen molar-refractivity contribution in [2.45, 2.75) is 19.3 Å². The van der Waals surface area contributed by atoms with Gasteiger partial charge in [-0.05, 0) is 24.5 Å². The molecule has 2 rings (SSSR count). The van der Waals surface area contributed by atoms with Crippen LogP contribution >= 0.6 is 0 Å². The summed E-state index contributed by atoms with van der Waals surface area (Å²) < 4.78 is 0. The maximum Gasteiger partial charge on any atom is 0.252 e. The average Bonchev–Trinajstić information content (AvgIpc) is 3.13. The number of hydrogen-bond acceptors (Lipinski definition) is 4. The Morgan fingerprint density at radius 1 is 1.50 bits per heavy atom. The third-order valence-electron chi connectivity index (χ3n) is 2.71. The molecule has 0 radical (unpaired) electrons. The largest absolute Gasteiger partial charge is 0.352 e. The van der Waals surface area contributed by atoms with Crippen molar-refractivity contribution in [2.24, 2.45) is 11.8 Å². The van der Waals surface area contributed by atoms with Crippen LogP contribution in [-0.4, -0.2) is 17.4 Å². The van der Waals surface area contributed by atoms with Crippen molar-refractivity contribution < 1.29 is 4.79 Å². The highest BCUT2D eigenvalue weighted by Gasteiger charge is 2.20. The van der Waals surface area contributed by atoms with Gasteiger partial charge in [0.25, 0.3) is 5.91 Å². The van der Waals surface area contributed by atoms with Gasteiger partial charge in [-0.25, -0.2) is 10.8 Å². The summed E-state index contributed by atoms with van der Waals surface area (Å²) in [6.45, 7) is 0.750. The van der Waals surface area contributed by atoms with Crippen LogP contribution in [0.5, 0.6) is 0 Å². The van der Waals surface area contributed by atoms with E-state index in [1.165, 1.54) is 19.0 Å². The molecule has 1 fully saturated rings. The predicted molar refractivity (Wildman–Crippen MR) is 61.7 cm³/mol. The number of carbonyl (C=O) groups excluding carboxylic acids is 1. The van der Waals surface area contributed by atoms with Crippen molar-refractivity contribution in [2.75, 3.05) is 12.0 Å². The normalized spacial score (nSPS) is 14.6. The summed E-state index contributed by atoms with van der Waals surface area (Å²) in [5.41, 5.74) is 2.98. The minimum Gasteiger partial charge on any atom is -0.352 e. The van der Waals surface area contributed by atoms with E-state index in [0.29, 0.717) is 11.4 Å². The first-order chi connectivity index (χ1) is 7.79. The second-order valence-corrected chi connectivity index (χ2v) is 4.06. The summed E-state index contributed by atoms with van der Waals surface area (Å²) in [5.74, 6) is 6.50. The molecule has 0 unspecified atom stereocenters. The molecular weight excluding hydrogens is 204 g/mol. The van der Waals surface area contributed by atoms with Crippen LogP contribution < -0.4 is 16.6 Å². The molecule has 0 bridgehead atoms. The second kappa shape index (κ2) is 4.94. The maximum absolute atomic E-state index is 11.6. The number of nitrogens with zero attached hydrogens (tertiary/aromatic N) is 1. The molecule has 1 amide bonds. The maximum atomic E-state index is 11.6. The lowest BCUT2D eigenvalue weighted by atomic mass is 10.2. The zero-order valence-corrected chi connectivity index (χ0v) is 9.07. The van der Waals surface area contributed by atoms with Crippen molar-refractivity contribution >= 4 is 11.7 Å². The number of amides is 1. The molecule has 4 N–H and O–H groups in total. The van der Waals surface area contributed by atoms with E-state index in [2.05, 4.69) is 15.7 Å². The lowest BCUT2D eigenvalue weighted by molar-refractivity contribution is 0.0952. The van der Waals surface area contributed by atoms with Gasteiger partial charge in [-0.15, -0.1) is 0 Å². The molecule has 1 aromatic heterocycles. The molecular formula is C11H16N4O. The monoisotopic (exact) mass is 220 g/mol. The first-order valence-electron chi connectivity index (χ1n) is 5.50. The molecule has 86 valence electrons. The van der Waals surface area contributed by atoms with Gasteiger partial charge in [0.15, 0.2) is 0 Å². The van der Waals surface area contributed by atoms with Gasteiger partial charge in [-0.2, -0.15) is 0 Å². The Morgan fingerprint density at radius 3 is 2.88 bits per heavy atom. The summed E-state index contributed by atoms with van der Waals surface area (Å²) in [4.78, 5) is 15.6. The molecule has 16 heavy (non-hydrogen) atoms. The number of nitrogens with two attached hydrogens (primary N) is 1. The van der Waals surface area contributed by atoms with Gasteiger partial charge >= 0.3 is 0 Å². The van der Waals surface area contributed by atoms with Gasteiger partial charge in [0.1, 0.15) is 5.82 Å². The molecule has 0 saturated heterocycles. The zero-order valence-electron chi connectivity index (χ0n) is 9.07. The van der Waals surface area contributed by atoms with E-state index in [1.54, 1.807) is 12.1 Å². The van der Waals surface area contributed by atoms with Gasteiger partial charge in [0, 0.05) is 12.7 Å². The van der Waals surface area contributed by atoms with Crippen LogP contribution in [0.25, 0.3) is 0 Å². The summed E-state index contributed by atoms with van der Waals surface area (Å²) in [6, 6.07) is 3.38. The third-order valence-corrected chi connectivity index (χ3v) is 2.71. The molecule has 5 nitrogen and oxygen atoms in total. The summed E-state index contributed by atoms with van der Waals surface area (Å²) >= 11 is 0. The fourth-order valence-electron chi connectivity index (χ4n) is 1.51. The summed E-state index contributed by atoms with van der Waals surface area (Å²) in [6.07, 6.45) is 5.23. The number of pyridine rings is 1. The standard InChI is InChI=1S/C11H16N4O/c12-15-10-4-3-9(7-14-10)11(16)13-6-5-8-1-2-8/h3-4,7-8H,1-2,5-6,12H2,(H,13,16)(H,14,15). The molecule has 1 aromatic rings. The number of carbonyl (C=O) groups is 1. The number of anilines is 1. The Kier molecular flexibility index (Phi) is 3.36. The average molecular weight is 220 g/mol. The third kappa shape index (κ3) is 2.93. The Labute approximate surface area is 94.4 Å². The Morgan fingerprint density at radius 2 is 2.31 bits per heavy atom. The highest BCUT2D eigenvalue weighted by atomic mass is 16.1. The molecule has 1 saturated carbocycles. The van der Waals surface area contributed by atoms with Crippen LogP contribution in [0, 0.1) is 5.92 Å². The highest BCUT2D eigenvalue weighted by molar-refractivity contribution is 5.93. The predicted octanol–water partition coefficient (Wildman–Crippen LogP) is 0.897. The zero-order chi connectivity index (χ0) is 11.4. The molecule has 1 aliphatic rings. The molecule has 0 spiro atoms. The van der Waals surface area contributed by atoms with E-state index in [1.807, 2.05) is 0 Å². The summed E-state index contributed by atoms with van der Waals surface area (Å²) in [5, 5.41) is 2.88. The molecule has 5 heteroatoms. The number of hydrogen-bond donors (Lipinski definition) is 3.